The van der Waals surface area contributed by atoms with E-state index in [1.54, 1.807) is 18.2 Å². The number of aromatic hydroxyl groups is 1. The molecule has 0 aliphatic rings. The molecule has 2 heteroatoms. The van der Waals surface area contributed by atoms with Gasteiger partial charge in [0, 0.05) is 6.42 Å². The Hall–Kier alpha value is -1.70. The van der Waals surface area contributed by atoms with Crippen LogP contribution in [-0.4, -0.2) is 10.2 Å². The van der Waals surface area contributed by atoms with Crippen LogP contribution in [0.1, 0.15) is 45.6 Å². The number of hydrogen-bond acceptors (Lipinski definition) is 2. The molecular weight excluding hydrogens is 236 g/mol. The van der Waals surface area contributed by atoms with Crippen molar-refractivity contribution in [2.75, 3.05) is 0 Å². The summed E-state index contributed by atoms with van der Waals surface area (Å²) < 4.78 is 0. The van der Waals surface area contributed by atoms with Crippen LogP contribution in [0.4, 0.5) is 0 Å². The van der Waals surface area contributed by atoms with E-state index in [2.05, 4.69) is 20.8 Å². The van der Waals surface area contributed by atoms with Crippen molar-refractivity contribution in [3.63, 3.8) is 0 Å². The number of aliphatic hydroxyl groups is 1. The van der Waals surface area contributed by atoms with E-state index in [9.17, 15) is 10.2 Å². The first kappa shape index (κ1) is 15.4. The Morgan fingerprint density at radius 2 is 1.74 bits per heavy atom. The third-order valence-electron chi connectivity index (χ3n) is 3.79. The topological polar surface area (TPSA) is 40.5 Å². The molecule has 2 N–H and O–H groups in total. The van der Waals surface area contributed by atoms with Crippen molar-refractivity contribution in [1.29, 1.82) is 0 Å². The van der Waals surface area contributed by atoms with Crippen LogP contribution in [0.25, 0.3) is 0 Å². The highest BCUT2D eigenvalue weighted by Gasteiger charge is 2.15. The summed E-state index contributed by atoms with van der Waals surface area (Å²) in [6.45, 7) is 8.37. The molecule has 104 valence electrons. The van der Waals surface area contributed by atoms with E-state index in [1.807, 2.05) is 25.1 Å². The fraction of sp³-hybridized carbons (Fsp3) is 0.412. The van der Waals surface area contributed by atoms with Crippen molar-refractivity contribution in [3.8, 4) is 5.75 Å². The molecule has 0 aliphatic carbocycles. The van der Waals surface area contributed by atoms with Gasteiger partial charge in [-0.15, -0.1) is 0 Å². The van der Waals surface area contributed by atoms with Crippen LogP contribution >= 0.6 is 0 Å². The van der Waals surface area contributed by atoms with Gasteiger partial charge in [-0.2, -0.15) is 0 Å². The molecule has 0 saturated heterocycles. The number of aliphatic hydroxyl groups excluding tert-OH is 1. The summed E-state index contributed by atoms with van der Waals surface area (Å²) in [5.41, 5.74) is 2.45. The maximum Gasteiger partial charge on any atom is 0.115 e. The van der Waals surface area contributed by atoms with E-state index >= 15 is 0 Å². The van der Waals surface area contributed by atoms with Gasteiger partial charge in [0.1, 0.15) is 5.75 Å². The number of phenols is 1. The first-order valence-electron chi connectivity index (χ1n) is 6.81. The lowest BCUT2D eigenvalue weighted by molar-refractivity contribution is 0.394. The minimum absolute atomic E-state index is 0.298. The smallest absolute Gasteiger partial charge is 0.115 e. The Kier molecular flexibility index (Phi) is 5.68. The molecule has 0 saturated carbocycles. The maximum absolute atomic E-state index is 9.46. The van der Waals surface area contributed by atoms with E-state index in [4.69, 9.17) is 0 Å². The molecule has 19 heavy (non-hydrogen) atoms. The minimum atomic E-state index is 0.298. The molecule has 2 unspecified atom stereocenters. The number of allylic oxidation sites excluding steroid dienone is 4. The number of rotatable bonds is 5. The summed E-state index contributed by atoms with van der Waals surface area (Å²) in [5, 5.41) is 18.8. The van der Waals surface area contributed by atoms with Crippen LogP contribution in [-0.2, 0) is 0 Å². The Labute approximate surface area is 116 Å². The molecule has 0 spiro atoms. The molecule has 2 nitrogen and oxygen atoms in total. The summed E-state index contributed by atoms with van der Waals surface area (Å²) in [5.74, 6) is 1.45. The first-order valence-corrected chi connectivity index (χ1v) is 6.81. The van der Waals surface area contributed by atoms with Crippen molar-refractivity contribution in [3.05, 3.63) is 53.3 Å². The van der Waals surface area contributed by atoms with Crippen molar-refractivity contribution in [1.82, 2.24) is 0 Å². The normalized spacial score (nSPS) is 16.2. The molecule has 0 amide bonds. The summed E-state index contributed by atoms with van der Waals surface area (Å²) in [7, 11) is 0. The molecule has 0 heterocycles. The van der Waals surface area contributed by atoms with Crippen molar-refractivity contribution < 1.29 is 10.2 Å². The quantitative estimate of drug-likeness (QED) is 0.582. The molecule has 0 aliphatic heterocycles. The van der Waals surface area contributed by atoms with Gasteiger partial charge in [-0.25, -0.2) is 0 Å². The van der Waals surface area contributed by atoms with Gasteiger partial charge in [0.25, 0.3) is 0 Å². The lowest BCUT2D eigenvalue weighted by atomic mass is 9.84. The predicted molar refractivity (Wildman–Crippen MR) is 80.4 cm³/mol. The monoisotopic (exact) mass is 260 g/mol. The zero-order valence-corrected chi connectivity index (χ0v) is 12.2. The van der Waals surface area contributed by atoms with Crippen LogP contribution in [0.2, 0.25) is 0 Å². The zero-order valence-electron chi connectivity index (χ0n) is 12.2. The third-order valence-corrected chi connectivity index (χ3v) is 3.79. The van der Waals surface area contributed by atoms with Gasteiger partial charge < -0.3 is 10.2 Å². The highest BCUT2D eigenvalue weighted by molar-refractivity contribution is 5.30. The molecule has 1 aromatic carbocycles. The lowest BCUT2D eigenvalue weighted by Crippen LogP contribution is -2.07. The van der Waals surface area contributed by atoms with Crippen LogP contribution in [0.5, 0.6) is 5.75 Å². The molecule has 2 atom stereocenters. The summed E-state index contributed by atoms with van der Waals surface area (Å²) in [4.78, 5) is 0. The van der Waals surface area contributed by atoms with E-state index in [1.165, 1.54) is 11.1 Å². The fourth-order valence-corrected chi connectivity index (χ4v) is 1.96. The number of benzene rings is 1. The Morgan fingerprint density at radius 1 is 1.16 bits per heavy atom. The fourth-order valence-electron chi connectivity index (χ4n) is 1.96. The molecule has 0 bridgehead atoms. The zero-order chi connectivity index (χ0) is 14.4. The Bertz CT molecular complexity index is 455. The largest absolute Gasteiger partial charge is 0.512 e. The Morgan fingerprint density at radius 3 is 2.26 bits per heavy atom. The van der Waals surface area contributed by atoms with Crippen molar-refractivity contribution in [2.45, 2.75) is 40.0 Å². The second kappa shape index (κ2) is 7.03. The van der Waals surface area contributed by atoms with Crippen LogP contribution in [0.15, 0.2) is 47.7 Å². The van der Waals surface area contributed by atoms with E-state index in [0.717, 1.165) is 0 Å². The van der Waals surface area contributed by atoms with Crippen LogP contribution in [0.3, 0.4) is 0 Å². The lowest BCUT2D eigenvalue weighted by Gasteiger charge is -2.21. The Balaban J connectivity index is 2.81. The van der Waals surface area contributed by atoms with Gasteiger partial charge in [-0.3, -0.25) is 0 Å². The second-order valence-corrected chi connectivity index (χ2v) is 5.09. The average Bonchev–Trinajstić information content (AvgIpc) is 2.43. The molecular formula is C17H24O2. The van der Waals surface area contributed by atoms with Gasteiger partial charge in [-0.05, 0) is 42.5 Å². The first-order chi connectivity index (χ1) is 8.95. The molecule has 1 aromatic rings. The molecule has 0 radical (unpaired) electrons. The predicted octanol–water partition coefficient (Wildman–Crippen LogP) is 4.93. The highest BCUT2D eigenvalue weighted by atomic mass is 16.3. The molecule has 0 fully saturated rings. The van der Waals surface area contributed by atoms with Crippen molar-refractivity contribution in [2.24, 2.45) is 5.92 Å². The molecule has 1 rings (SSSR count). The average molecular weight is 260 g/mol. The third kappa shape index (κ3) is 4.47. The number of phenolic OH excluding ortho intramolecular Hbond substituents is 1. The number of hydrogen-bond donors (Lipinski definition) is 2. The summed E-state index contributed by atoms with van der Waals surface area (Å²) in [6.07, 6.45) is 4.42. The SMILES string of the molecule is CC/C(O)=C\C=C(/C)C(C)C(C)c1ccc(O)cc1. The van der Waals surface area contributed by atoms with Crippen LogP contribution in [0, 0.1) is 5.92 Å². The highest BCUT2D eigenvalue weighted by Crippen LogP contribution is 2.30. The van der Waals surface area contributed by atoms with Gasteiger partial charge in [0.2, 0.25) is 0 Å². The van der Waals surface area contributed by atoms with E-state index < -0.39 is 0 Å². The summed E-state index contributed by atoms with van der Waals surface area (Å²) in [6, 6.07) is 7.37. The van der Waals surface area contributed by atoms with Crippen LogP contribution < -0.4 is 0 Å². The van der Waals surface area contributed by atoms with Gasteiger partial charge in [0.15, 0.2) is 0 Å². The second-order valence-electron chi connectivity index (χ2n) is 5.09. The van der Waals surface area contributed by atoms with E-state index in [-0.39, 0.29) is 0 Å². The standard InChI is InChI=1S/C17H24O2/c1-5-16(18)9-6-12(2)13(3)14(4)15-7-10-17(19)11-8-15/h6-11,13-14,18-19H,5H2,1-4H3/b12-6+,16-9+. The minimum Gasteiger partial charge on any atom is -0.512 e. The van der Waals surface area contributed by atoms with Gasteiger partial charge in [-0.1, -0.05) is 44.6 Å². The van der Waals surface area contributed by atoms with Gasteiger partial charge in [0.05, 0.1) is 5.76 Å². The maximum atomic E-state index is 9.46. The molecule has 0 aromatic heterocycles. The van der Waals surface area contributed by atoms with Crippen molar-refractivity contribution >= 4 is 0 Å². The summed E-state index contributed by atoms with van der Waals surface area (Å²) >= 11 is 0. The van der Waals surface area contributed by atoms with Gasteiger partial charge >= 0.3 is 0 Å². The van der Waals surface area contributed by atoms with E-state index in [0.29, 0.717) is 29.8 Å².